The van der Waals surface area contributed by atoms with Gasteiger partial charge < -0.3 is 20.1 Å². The first-order valence-electron chi connectivity index (χ1n) is 13.2. The molecule has 212 valence electrons. The van der Waals surface area contributed by atoms with E-state index in [2.05, 4.69) is 26.4 Å². The number of nitriles is 1. The lowest BCUT2D eigenvalue weighted by Crippen LogP contribution is -2.45. The van der Waals surface area contributed by atoms with E-state index in [1.54, 1.807) is 43.7 Å². The number of carbonyl (C=O) groups is 1. The van der Waals surface area contributed by atoms with Crippen LogP contribution >= 0.6 is 0 Å². The number of nitrogens with one attached hydrogen (secondary N) is 1. The average Bonchev–Trinajstić information content (AvgIpc) is 3.37. The molecule has 3 aromatic heterocycles. The number of ether oxygens (including phenoxy) is 1. The van der Waals surface area contributed by atoms with Crippen molar-refractivity contribution in [3.8, 4) is 22.9 Å². The third-order valence-corrected chi connectivity index (χ3v) is 7.30. The Labute approximate surface area is 236 Å². The molecule has 1 aromatic carbocycles. The van der Waals surface area contributed by atoms with Crippen LogP contribution in [0, 0.1) is 28.4 Å². The van der Waals surface area contributed by atoms with Crippen molar-refractivity contribution in [2.75, 3.05) is 29.9 Å². The van der Waals surface area contributed by atoms with Gasteiger partial charge in [-0.05, 0) is 57.0 Å². The van der Waals surface area contributed by atoms with Crippen LogP contribution in [0.5, 0.6) is 5.75 Å². The van der Waals surface area contributed by atoms with Gasteiger partial charge in [0.05, 0.1) is 34.5 Å². The molecule has 0 unspecified atom stereocenters. The highest BCUT2D eigenvalue weighted by atomic mass is 19.1. The molecule has 4 aromatic rings. The average molecular weight is 561 g/mol. The molecule has 1 fully saturated rings. The van der Waals surface area contributed by atoms with Gasteiger partial charge in [-0.25, -0.2) is 18.3 Å². The van der Waals surface area contributed by atoms with E-state index in [1.165, 1.54) is 12.3 Å². The minimum absolute atomic E-state index is 0.0721. The second kappa shape index (κ2) is 10.8. The quantitative estimate of drug-likeness (QED) is 0.329. The van der Waals surface area contributed by atoms with Crippen LogP contribution in [0.4, 0.5) is 20.3 Å². The SMILES string of the molecule is CC(C)(O)COc1cc(-c2ccc(N3CCC(C)(C(=O)Nc4c(F)cccc4F)CC3)nc2)c2c(C#N)cnn2c1. The lowest BCUT2D eigenvalue weighted by Gasteiger charge is -2.38. The predicted octanol–water partition coefficient (Wildman–Crippen LogP) is 4.94. The Morgan fingerprint density at radius 2 is 1.90 bits per heavy atom. The molecule has 0 atom stereocenters. The number of amides is 1. The van der Waals surface area contributed by atoms with Crippen molar-refractivity contribution in [3.05, 3.63) is 72.2 Å². The van der Waals surface area contributed by atoms with Crippen LogP contribution in [0.2, 0.25) is 0 Å². The zero-order chi connectivity index (χ0) is 29.4. The Hall–Kier alpha value is -4.56. The Balaban J connectivity index is 1.33. The molecule has 0 spiro atoms. The molecule has 0 saturated carbocycles. The molecule has 0 radical (unpaired) electrons. The summed E-state index contributed by atoms with van der Waals surface area (Å²) in [6, 6.07) is 11.2. The van der Waals surface area contributed by atoms with Gasteiger partial charge >= 0.3 is 0 Å². The van der Waals surface area contributed by atoms with Crippen molar-refractivity contribution >= 4 is 22.9 Å². The van der Waals surface area contributed by atoms with E-state index in [-0.39, 0.29) is 6.61 Å². The number of pyridine rings is 2. The third kappa shape index (κ3) is 5.83. The molecule has 5 rings (SSSR count). The number of hydrogen-bond acceptors (Lipinski definition) is 7. The molecule has 1 saturated heterocycles. The number of aliphatic hydroxyl groups is 1. The first-order chi connectivity index (χ1) is 19.5. The van der Waals surface area contributed by atoms with Crippen molar-refractivity contribution in [2.45, 2.75) is 39.2 Å². The van der Waals surface area contributed by atoms with Crippen molar-refractivity contribution in [1.82, 2.24) is 14.6 Å². The van der Waals surface area contributed by atoms with Crippen LogP contribution in [0.1, 0.15) is 39.2 Å². The van der Waals surface area contributed by atoms with Crippen LogP contribution in [0.15, 0.2) is 55.0 Å². The highest BCUT2D eigenvalue weighted by molar-refractivity contribution is 5.95. The number of fused-ring (bicyclic) bond motifs is 1. The van der Waals surface area contributed by atoms with Gasteiger partial charge in [-0.3, -0.25) is 4.79 Å². The number of para-hydroxylation sites is 1. The van der Waals surface area contributed by atoms with Gasteiger partial charge in [-0.2, -0.15) is 10.4 Å². The monoisotopic (exact) mass is 560 g/mol. The number of rotatable bonds is 7. The van der Waals surface area contributed by atoms with Gasteiger partial charge in [0.25, 0.3) is 0 Å². The predicted molar refractivity (Wildman–Crippen MR) is 149 cm³/mol. The van der Waals surface area contributed by atoms with Crippen molar-refractivity contribution in [3.63, 3.8) is 0 Å². The van der Waals surface area contributed by atoms with Crippen LogP contribution in [-0.4, -0.2) is 50.9 Å². The van der Waals surface area contributed by atoms with Crippen LogP contribution < -0.4 is 15.0 Å². The molecular weight excluding hydrogens is 530 g/mol. The summed E-state index contributed by atoms with van der Waals surface area (Å²) >= 11 is 0. The maximum absolute atomic E-state index is 14.1. The lowest BCUT2D eigenvalue weighted by molar-refractivity contribution is -0.125. The van der Waals surface area contributed by atoms with Crippen LogP contribution in [0.25, 0.3) is 16.6 Å². The molecule has 4 heterocycles. The molecule has 0 bridgehead atoms. The van der Waals surface area contributed by atoms with Gasteiger partial charge in [-0.15, -0.1) is 0 Å². The molecule has 1 amide bonds. The Bertz CT molecular complexity index is 1610. The second-order valence-corrected chi connectivity index (χ2v) is 11.2. The fraction of sp³-hybridized carbons (Fsp3) is 0.333. The minimum atomic E-state index is -1.03. The van der Waals surface area contributed by atoms with Gasteiger partial charge in [0.1, 0.15) is 41.6 Å². The van der Waals surface area contributed by atoms with Crippen molar-refractivity contribution in [2.24, 2.45) is 5.41 Å². The summed E-state index contributed by atoms with van der Waals surface area (Å²) in [5, 5.41) is 26.4. The molecular formula is C30H30F2N6O3. The summed E-state index contributed by atoms with van der Waals surface area (Å²) in [6.07, 6.45) is 5.80. The normalized spacial score (nSPS) is 15.0. The van der Waals surface area contributed by atoms with E-state index in [0.717, 1.165) is 23.5 Å². The summed E-state index contributed by atoms with van der Waals surface area (Å²) in [5.41, 5.74) is 0.216. The van der Waals surface area contributed by atoms with Gasteiger partial charge in [0, 0.05) is 30.4 Å². The molecule has 0 aliphatic carbocycles. The number of benzene rings is 1. The molecule has 9 nitrogen and oxygen atoms in total. The van der Waals surface area contributed by atoms with E-state index in [4.69, 9.17) is 4.74 Å². The maximum Gasteiger partial charge on any atom is 0.230 e. The van der Waals surface area contributed by atoms with E-state index >= 15 is 0 Å². The third-order valence-electron chi connectivity index (χ3n) is 7.30. The summed E-state index contributed by atoms with van der Waals surface area (Å²) in [4.78, 5) is 19.7. The van der Waals surface area contributed by atoms with E-state index in [1.807, 2.05) is 12.1 Å². The zero-order valence-corrected chi connectivity index (χ0v) is 23.0. The molecule has 11 heteroatoms. The fourth-order valence-electron chi connectivity index (χ4n) is 4.81. The van der Waals surface area contributed by atoms with Crippen LogP contribution in [0.3, 0.4) is 0 Å². The number of aromatic nitrogens is 3. The van der Waals surface area contributed by atoms with E-state index < -0.39 is 34.2 Å². The standard InChI is InChI=1S/C30H30F2N6O3/c1-29(2,40)18-41-21-13-22(27-20(14-33)16-35-38(27)17-21)19-7-8-25(34-15-19)37-11-9-30(3,10-12-37)28(39)36-26-23(31)5-4-6-24(26)32/h4-8,13,15-17,40H,9-12,18H2,1-3H3,(H,36,39). The number of halogens is 2. The second-order valence-electron chi connectivity index (χ2n) is 11.2. The highest BCUT2D eigenvalue weighted by Crippen LogP contribution is 2.36. The smallest absolute Gasteiger partial charge is 0.230 e. The minimum Gasteiger partial charge on any atom is -0.489 e. The summed E-state index contributed by atoms with van der Waals surface area (Å²) < 4.78 is 35.5. The first-order valence-corrected chi connectivity index (χ1v) is 13.2. The highest BCUT2D eigenvalue weighted by Gasteiger charge is 2.38. The Morgan fingerprint density at radius 3 is 2.51 bits per heavy atom. The molecule has 1 aliphatic heterocycles. The Morgan fingerprint density at radius 1 is 1.20 bits per heavy atom. The number of anilines is 2. The number of nitrogens with zero attached hydrogens (tertiary/aromatic N) is 5. The number of carbonyl (C=O) groups excluding carboxylic acids is 1. The Kier molecular flexibility index (Phi) is 7.36. The van der Waals surface area contributed by atoms with Crippen LogP contribution in [-0.2, 0) is 4.79 Å². The van der Waals surface area contributed by atoms with E-state index in [0.29, 0.717) is 48.3 Å². The number of hydrogen-bond donors (Lipinski definition) is 2. The molecule has 1 aliphatic rings. The maximum atomic E-state index is 14.1. The summed E-state index contributed by atoms with van der Waals surface area (Å²) in [6.45, 7) is 6.22. The first kappa shape index (κ1) is 28.0. The molecule has 41 heavy (non-hydrogen) atoms. The van der Waals surface area contributed by atoms with Crippen molar-refractivity contribution in [1.29, 1.82) is 5.26 Å². The number of piperidine rings is 1. The van der Waals surface area contributed by atoms with Crippen molar-refractivity contribution < 1.29 is 23.4 Å². The largest absolute Gasteiger partial charge is 0.489 e. The fourth-order valence-corrected chi connectivity index (χ4v) is 4.81. The summed E-state index contributed by atoms with van der Waals surface area (Å²) in [5.74, 6) is -0.846. The topological polar surface area (TPSA) is 116 Å². The lowest BCUT2D eigenvalue weighted by atomic mass is 9.79. The van der Waals surface area contributed by atoms with Gasteiger partial charge in [-0.1, -0.05) is 13.0 Å². The van der Waals surface area contributed by atoms with Gasteiger partial charge in [0.15, 0.2) is 0 Å². The zero-order valence-electron chi connectivity index (χ0n) is 23.0. The van der Waals surface area contributed by atoms with E-state index in [9.17, 15) is 23.9 Å². The van der Waals surface area contributed by atoms with Gasteiger partial charge in [0.2, 0.25) is 5.91 Å². The molecule has 2 N–H and O–H groups in total. The summed E-state index contributed by atoms with van der Waals surface area (Å²) in [7, 11) is 0.